The summed E-state index contributed by atoms with van der Waals surface area (Å²) in [7, 11) is 0. The minimum atomic E-state index is -2.63. The first-order chi connectivity index (χ1) is 19.5. The molecule has 4 aromatic carbocycles. The van der Waals surface area contributed by atoms with Crippen LogP contribution in [0.15, 0.2) is 66.7 Å². The van der Waals surface area contributed by atoms with Gasteiger partial charge in [0.15, 0.2) is 0 Å². The third-order valence-corrected chi connectivity index (χ3v) is 7.78. The summed E-state index contributed by atoms with van der Waals surface area (Å²) < 4.78 is 18.5. The van der Waals surface area contributed by atoms with E-state index in [0.29, 0.717) is 5.56 Å². The maximum Gasteiger partial charge on any atom is 0.287 e. The second-order valence-corrected chi connectivity index (χ2v) is 10.2. The highest BCUT2D eigenvalue weighted by molar-refractivity contribution is 6.12. The van der Waals surface area contributed by atoms with Crippen molar-refractivity contribution in [3.8, 4) is 46.0 Å². The van der Waals surface area contributed by atoms with Gasteiger partial charge in [-0.1, -0.05) is 12.1 Å². The molecule has 11 heteroatoms. The van der Waals surface area contributed by atoms with Crippen molar-refractivity contribution in [1.82, 2.24) is 0 Å². The Labute approximate surface area is 231 Å². The lowest BCUT2D eigenvalue weighted by Crippen LogP contribution is -2.55. The molecule has 3 aliphatic rings. The summed E-state index contributed by atoms with van der Waals surface area (Å²) in [5.41, 5.74) is -2.34. The molecule has 4 atom stereocenters. The smallest absolute Gasteiger partial charge is 0.287 e. The number of rotatable bonds is 2. The average molecular weight is 558 g/mol. The molecule has 7 N–H and O–H groups in total. The molecule has 0 fully saturated rings. The van der Waals surface area contributed by atoms with Crippen LogP contribution in [0, 0.1) is 0 Å². The first kappa shape index (κ1) is 24.9. The zero-order valence-electron chi connectivity index (χ0n) is 21.0. The Morgan fingerprint density at radius 2 is 1.41 bits per heavy atom. The number of phenols is 5. The monoisotopic (exact) mass is 558 g/mol. The molecule has 3 aliphatic heterocycles. The Balaban J connectivity index is 1.50. The lowest BCUT2D eigenvalue weighted by molar-refractivity contribution is -0.218. The van der Waals surface area contributed by atoms with Gasteiger partial charge in [0, 0.05) is 35.7 Å². The fourth-order valence-corrected chi connectivity index (χ4v) is 5.90. The van der Waals surface area contributed by atoms with Crippen molar-refractivity contribution >= 4 is 5.78 Å². The Bertz CT molecular complexity index is 1750. The Morgan fingerprint density at radius 1 is 0.756 bits per heavy atom. The number of carbonyl (C=O) groups is 1. The summed E-state index contributed by atoms with van der Waals surface area (Å²) in [5, 5.41) is 74.6. The normalized spacial score (nSPS) is 25.6. The predicted octanol–water partition coefficient (Wildman–Crippen LogP) is 2.96. The molecule has 7 rings (SSSR count). The highest BCUT2D eigenvalue weighted by Crippen LogP contribution is 2.64. The molecule has 0 aromatic heterocycles. The summed E-state index contributed by atoms with van der Waals surface area (Å²) in [5.74, 6) is -5.55. The third kappa shape index (κ3) is 3.24. The number of carbonyl (C=O) groups excluding carboxylic acids is 1. The number of fused-ring (bicyclic) bond motifs is 5. The minimum Gasteiger partial charge on any atom is -0.508 e. The second-order valence-electron chi connectivity index (χ2n) is 10.2. The van der Waals surface area contributed by atoms with E-state index in [0.717, 1.165) is 12.1 Å². The molecule has 208 valence electrons. The van der Waals surface area contributed by atoms with Gasteiger partial charge >= 0.3 is 0 Å². The molecule has 0 amide bonds. The van der Waals surface area contributed by atoms with E-state index in [4.69, 9.17) is 14.2 Å². The van der Waals surface area contributed by atoms with E-state index in [1.54, 1.807) is 12.1 Å². The van der Waals surface area contributed by atoms with E-state index in [9.17, 15) is 40.5 Å². The molecule has 0 saturated carbocycles. The molecule has 11 nitrogen and oxygen atoms in total. The van der Waals surface area contributed by atoms with Crippen LogP contribution in [0.5, 0.6) is 46.0 Å². The number of ether oxygens (including phenoxy) is 3. The van der Waals surface area contributed by atoms with Crippen molar-refractivity contribution in [2.75, 3.05) is 0 Å². The number of aliphatic hydroxyl groups is 2. The zero-order chi connectivity index (χ0) is 28.8. The van der Waals surface area contributed by atoms with Gasteiger partial charge in [-0.05, 0) is 42.0 Å². The van der Waals surface area contributed by atoms with Gasteiger partial charge < -0.3 is 50.0 Å². The summed E-state index contributed by atoms with van der Waals surface area (Å²) in [6.45, 7) is 0. The third-order valence-electron chi connectivity index (χ3n) is 7.78. The van der Waals surface area contributed by atoms with Gasteiger partial charge in [-0.25, -0.2) is 0 Å². The van der Waals surface area contributed by atoms with Crippen LogP contribution in [-0.4, -0.2) is 47.6 Å². The fourth-order valence-electron chi connectivity index (χ4n) is 5.90. The Kier molecular flexibility index (Phi) is 4.97. The van der Waals surface area contributed by atoms with Crippen molar-refractivity contribution in [1.29, 1.82) is 0 Å². The van der Waals surface area contributed by atoms with Gasteiger partial charge in [0.25, 0.3) is 11.4 Å². The SMILES string of the molecule is O=C1c2c(O)cc(O)cc2O[C@@]12c1c(cc(O)c3c1O[C@@H](c1ccc(O)cc1)[C@@H](O)C3)O[C@@]2(O)c1ccc(O)cc1. The van der Waals surface area contributed by atoms with Crippen LogP contribution >= 0.6 is 0 Å². The number of phenolic OH excluding ortho intramolecular Hbond substituents is 5. The highest BCUT2D eigenvalue weighted by atomic mass is 16.7. The average Bonchev–Trinajstić information content (AvgIpc) is 3.36. The lowest BCUT2D eigenvalue weighted by atomic mass is 9.77. The molecule has 41 heavy (non-hydrogen) atoms. The van der Waals surface area contributed by atoms with Crippen LogP contribution in [0.25, 0.3) is 0 Å². The molecule has 0 radical (unpaired) electrons. The van der Waals surface area contributed by atoms with Crippen LogP contribution in [0.1, 0.15) is 38.7 Å². The number of hydrogen-bond donors (Lipinski definition) is 7. The molecule has 0 unspecified atom stereocenters. The van der Waals surface area contributed by atoms with E-state index in [1.807, 2.05) is 0 Å². The van der Waals surface area contributed by atoms with E-state index in [2.05, 4.69) is 0 Å². The number of ketones is 1. The van der Waals surface area contributed by atoms with Crippen molar-refractivity contribution in [2.45, 2.75) is 30.0 Å². The van der Waals surface area contributed by atoms with E-state index < -0.39 is 40.9 Å². The van der Waals surface area contributed by atoms with Crippen molar-refractivity contribution < 1.29 is 54.8 Å². The van der Waals surface area contributed by atoms with Crippen LogP contribution < -0.4 is 14.2 Å². The maximum atomic E-state index is 14.3. The predicted molar refractivity (Wildman–Crippen MR) is 138 cm³/mol. The Morgan fingerprint density at radius 3 is 2.10 bits per heavy atom. The van der Waals surface area contributed by atoms with Crippen LogP contribution in [-0.2, 0) is 17.8 Å². The molecule has 0 bridgehead atoms. The van der Waals surface area contributed by atoms with Crippen LogP contribution in [0.3, 0.4) is 0 Å². The van der Waals surface area contributed by atoms with Crippen molar-refractivity contribution in [2.24, 2.45) is 0 Å². The molecular formula is C30H22O11. The number of Topliss-reactive ketones (excluding diaryl/α,β-unsaturated/α-hetero) is 1. The van der Waals surface area contributed by atoms with Crippen molar-refractivity contribution in [3.05, 3.63) is 94.5 Å². The van der Waals surface area contributed by atoms with Gasteiger partial charge in [-0.3, -0.25) is 4.79 Å². The maximum absolute atomic E-state index is 14.3. The first-order valence-corrected chi connectivity index (χ1v) is 12.6. The molecule has 4 aromatic rings. The van der Waals surface area contributed by atoms with Gasteiger partial charge in [-0.15, -0.1) is 0 Å². The quantitative estimate of drug-likeness (QED) is 0.192. The summed E-state index contributed by atoms with van der Waals surface area (Å²) in [6.07, 6.45) is -2.30. The van der Waals surface area contributed by atoms with E-state index in [1.165, 1.54) is 42.5 Å². The number of aromatic hydroxyl groups is 5. The van der Waals surface area contributed by atoms with Gasteiger partial charge in [0.2, 0.25) is 5.78 Å². The summed E-state index contributed by atoms with van der Waals surface area (Å²) >= 11 is 0. The second kappa shape index (κ2) is 8.19. The molecule has 1 spiro atoms. The largest absolute Gasteiger partial charge is 0.508 e. The topological polar surface area (TPSA) is 186 Å². The molecule has 0 aliphatic carbocycles. The lowest BCUT2D eigenvalue weighted by Gasteiger charge is -2.37. The van der Waals surface area contributed by atoms with Gasteiger partial charge in [0.1, 0.15) is 57.7 Å². The number of benzene rings is 4. The minimum absolute atomic E-state index is 0.00456. The zero-order valence-corrected chi connectivity index (χ0v) is 21.0. The molecule has 3 heterocycles. The van der Waals surface area contributed by atoms with Crippen molar-refractivity contribution in [3.63, 3.8) is 0 Å². The van der Waals surface area contributed by atoms with Gasteiger partial charge in [0.05, 0.1) is 11.7 Å². The fraction of sp³-hybridized carbons (Fsp3) is 0.167. The Hall–Kier alpha value is -5.13. The molecule has 0 saturated heterocycles. The standard InChI is InChI=1S/C30H22O11/c31-15-5-1-13(2-6-15)26-21(36)11-18-19(34)12-23-25(27(18)39-26)29(30(38,41-23)14-3-7-16(32)8-4-14)28(37)24-20(35)9-17(33)10-22(24)40-29/h1-10,12,21,26,31-36,38H,11H2/t21-,26-,29-,30-/m0/s1. The summed E-state index contributed by atoms with van der Waals surface area (Å²) in [4.78, 5) is 14.3. The van der Waals surface area contributed by atoms with E-state index >= 15 is 0 Å². The number of aliphatic hydroxyl groups excluding tert-OH is 1. The van der Waals surface area contributed by atoms with Gasteiger partial charge in [-0.2, -0.15) is 0 Å². The van der Waals surface area contributed by atoms with Crippen LogP contribution in [0.4, 0.5) is 0 Å². The molecular weight excluding hydrogens is 536 g/mol. The first-order valence-electron chi connectivity index (χ1n) is 12.6. The van der Waals surface area contributed by atoms with E-state index in [-0.39, 0.29) is 63.2 Å². The van der Waals surface area contributed by atoms with Crippen LogP contribution in [0.2, 0.25) is 0 Å². The highest BCUT2D eigenvalue weighted by Gasteiger charge is 2.73. The summed E-state index contributed by atoms with van der Waals surface area (Å²) in [6, 6.07) is 14.3. The number of hydrogen-bond acceptors (Lipinski definition) is 11.